The van der Waals surface area contributed by atoms with Crippen LogP contribution >= 0.6 is 11.6 Å². The number of anilines is 3. The highest BCUT2D eigenvalue weighted by molar-refractivity contribution is 6.33. The van der Waals surface area contributed by atoms with Gasteiger partial charge < -0.3 is 9.64 Å². The topological polar surface area (TPSA) is 45.7 Å². The van der Waals surface area contributed by atoms with E-state index in [0.29, 0.717) is 11.6 Å². The molecule has 0 aliphatic carbocycles. The van der Waals surface area contributed by atoms with Crippen molar-refractivity contribution in [1.82, 2.24) is 4.98 Å². The number of methoxy groups -OCH3 is 1. The highest BCUT2D eigenvalue weighted by Gasteiger charge is 2.36. The predicted molar refractivity (Wildman–Crippen MR) is 107 cm³/mol. The molecule has 31 heavy (non-hydrogen) atoms. The normalized spacial score (nSPS) is 13.9. The van der Waals surface area contributed by atoms with Gasteiger partial charge in [-0.2, -0.15) is 13.2 Å². The van der Waals surface area contributed by atoms with E-state index in [1.165, 1.54) is 29.2 Å². The Balaban J connectivity index is 1.87. The summed E-state index contributed by atoms with van der Waals surface area (Å²) in [5, 5.41) is -0.00878. The SMILES string of the molecule is COc1ccc(N2CN(c3ccc(F)cc3Cl)c3cc(C(F)(F)F)ccc3C2=O)cn1. The highest BCUT2D eigenvalue weighted by atomic mass is 35.5. The Labute approximate surface area is 179 Å². The van der Waals surface area contributed by atoms with Gasteiger partial charge in [0.2, 0.25) is 5.88 Å². The fourth-order valence-electron chi connectivity index (χ4n) is 3.30. The van der Waals surface area contributed by atoms with E-state index in [1.807, 2.05) is 0 Å². The molecule has 0 unspecified atom stereocenters. The number of halogens is 5. The Hall–Kier alpha value is -3.33. The Kier molecular flexibility index (Phi) is 5.22. The minimum absolute atomic E-state index is 0.00878. The average Bonchev–Trinajstić information content (AvgIpc) is 2.74. The van der Waals surface area contributed by atoms with Gasteiger partial charge in [-0.1, -0.05) is 11.6 Å². The number of ether oxygens (including phenoxy) is 1. The first-order chi connectivity index (χ1) is 14.7. The number of alkyl halides is 3. The molecule has 0 radical (unpaired) electrons. The van der Waals surface area contributed by atoms with Crippen LogP contribution in [0.5, 0.6) is 5.88 Å². The van der Waals surface area contributed by atoms with Gasteiger partial charge in [0.1, 0.15) is 12.5 Å². The number of pyridine rings is 1. The molecular weight excluding hydrogens is 438 g/mol. The summed E-state index contributed by atoms with van der Waals surface area (Å²) < 4.78 is 58.5. The molecule has 0 N–H and O–H groups in total. The van der Waals surface area contributed by atoms with Gasteiger partial charge in [0.15, 0.2) is 0 Å². The van der Waals surface area contributed by atoms with Gasteiger partial charge in [0, 0.05) is 6.07 Å². The van der Waals surface area contributed by atoms with Crippen molar-refractivity contribution in [3.8, 4) is 5.88 Å². The Morgan fingerprint density at radius 2 is 1.81 bits per heavy atom. The fourth-order valence-corrected chi connectivity index (χ4v) is 3.57. The van der Waals surface area contributed by atoms with Gasteiger partial charge in [0.25, 0.3) is 5.91 Å². The van der Waals surface area contributed by atoms with Crippen molar-refractivity contribution in [2.75, 3.05) is 23.6 Å². The van der Waals surface area contributed by atoms with E-state index < -0.39 is 23.5 Å². The lowest BCUT2D eigenvalue weighted by atomic mass is 10.0. The third kappa shape index (κ3) is 3.88. The Morgan fingerprint density at radius 1 is 1.03 bits per heavy atom. The zero-order valence-corrected chi connectivity index (χ0v) is 16.7. The molecule has 160 valence electrons. The minimum atomic E-state index is -4.60. The van der Waals surface area contributed by atoms with Crippen LogP contribution in [-0.2, 0) is 6.18 Å². The number of benzene rings is 2. The van der Waals surface area contributed by atoms with Crippen LogP contribution in [-0.4, -0.2) is 24.7 Å². The van der Waals surface area contributed by atoms with Gasteiger partial charge in [0.05, 0.1) is 46.5 Å². The van der Waals surface area contributed by atoms with E-state index >= 15 is 0 Å². The molecule has 0 spiro atoms. The first kappa shape index (κ1) is 20.9. The van der Waals surface area contributed by atoms with Crippen LogP contribution in [0.25, 0.3) is 0 Å². The van der Waals surface area contributed by atoms with Crippen LogP contribution in [0.3, 0.4) is 0 Å². The second-order valence-corrected chi connectivity index (χ2v) is 7.09. The molecule has 2 aromatic carbocycles. The van der Waals surface area contributed by atoms with Crippen LogP contribution in [0.1, 0.15) is 15.9 Å². The van der Waals surface area contributed by atoms with E-state index in [-0.39, 0.29) is 28.6 Å². The van der Waals surface area contributed by atoms with Crippen LogP contribution in [0.15, 0.2) is 54.7 Å². The minimum Gasteiger partial charge on any atom is -0.481 e. The van der Waals surface area contributed by atoms with Gasteiger partial charge in [-0.05, 0) is 42.5 Å². The zero-order valence-electron chi connectivity index (χ0n) is 16.0. The smallest absolute Gasteiger partial charge is 0.416 e. The summed E-state index contributed by atoms with van der Waals surface area (Å²) in [7, 11) is 1.45. The van der Waals surface area contributed by atoms with E-state index in [4.69, 9.17) is 16.3 Å². The largest absolute Gasteiger partial charge is 0.481 e. The van der Waals surface area contributed by atoms with E-state index in [9.17, 15) is 22.4 Å². The first-order valence-electron chi connectivity index (χ1n) is 8.95. The lowest BCUT2D eigenvalue weighted by molar-refractivity contribution is -0.137. The van der Waals surface area contributed by atoms with Crippen LogP contribution < -0.4 is 14.5 Å². The number of fused-ring (bicyclic) bond motifs is 1. The standard InChI is InChI=1S/C21H14ClF4N3O2/c1-31-19-7-4-14(10-27-19)28-11-29(17-6-3-13(23)9-16(17)22)18-8-12(21(24,25)26)2-5-15(18)20(28)30/h2-10H,11H2,1H3. The van der Waals surface area contributed by atoms with Gasteiger partial charge >= 0.3 is 6.18 Å². The third-order valence-corrected chi connectivity index (χ3v) is 5.12. The quantitative estimate of drug-likeness (QED) is 0.482. The number of rotatable bonds is 3. The number of amides is 1. The van der Waals surface area contributed by atoms with Crippen LogP contribution in [0, 0.1) is 5.82 Å². The monoisotopic (exact) mass is 451 g/mol. The third-order valence-electron chi connectivity index (χ3n) is 4.82. The number of nitrogens with zero attached hydrogens (tertiary/aromatic N) is 3. The number of carbonyl (C=O) groups is 1. The second kappa shape index (κ2) is 7.73. The molecule has 1 aromatic heterocycles. The molecule has 0 fully saturated rings. The van der Waals surface area contributed by atoms with Crippen molar-refractivity contribution in [1.29, 1.82) is 0 Å². The van der Waals surface area contributed by atoms with Crippen molar-refractivity contribution in [3.63, 3.8) is 0 Å². The molecule has 0 saturated heterocycles. The molecule has 1 aliphatic rings. The van der Waals surface area contributed by atoms with Gasteiger partial charge in [-0.25, -0.2) is 9.37 Å². The number of hydrogen-bond acceptors (Lipinski definition) is 4. The molecule has 0 atom stereocenters. The molecule has 10 heteroatoms. The van der Waals surface area contributed by atoms with Crippen molar-refractivity contribution < 1.29 is 27.1 Å². The summed E-state index contributed by atoms with van der Waals surface area (Å²) >= 11 is 6.19. The maximum Gasteiger partial charge on any atom is 0.416 e. The molecule has 2 heterocycles. The average molecular weight is 452 g/mol. The maximum atomic E-state index is 13.6. The first-order valence-corrected chi connectivity index (χ1v) is 9.32. The Bertz CT molecular complexity index is 1150. The van der Waals surface area contributed by atoms with Crippen LogP contribution in [0.4, 0.5) is 34.6 Å². The molecule has 0 saturated carbocycles. The van der Waals surface area contributed by atoms with E-state index in [1.54, 1.807) is 12.1 Å². The summed E-state index contributed by atoms with van der Waals surface area (Å²) in [6.07, 6.45) is -3.19. The Morgan fingerprint density at radius 3 is 2.42 bits per heavy atom. The van der Waals surface area contributed by atoms with Crippen molar-refractivity contribution in [3.05, 3.63) is 76.7 Å². The lowest BCUT2D eigenvalue weighted by Gasteiger charge is -2.38. The molecule has 1 amide bonds. The number of carbonyl (C=O) groups excluding carboxylic acids is 1. The maximum absolute atomic E-state index is 13.6. The van der Waals surface area contributed by atoms with Crippen molar-refractivity contribution >= 4 is 34.6 Å². The summed E-state index contributed by atoms with van der Waals surface area (Å²) in [5.74, 6) is -0.769. The summed E-state index contributed by atoms with van der Waals surface area (Å²) in [5.41, 5.74) is -0.203. The zero-order chi connectivity index (χ0) is 22.3. The fraction of sp³-hybridized carbons (Fsp3) is 0.143. The van der Waals surface area contributed by atoms with Gasteiger partial charge in [-0.15, -0.1) is 0 Å². The summed E-state index contributed by atoms with van der Waals surface area (Å²) in [6, 6.07) is 9.55. The van der Waals surface area contributed by atoms with Crippen molar-refractivity contribution in [2.24, 2.45) is 0 Å². The van der Waals surface area contributed by atoms with E-state index in [0.717, 1.165) is 30.3 Å². The molecule has 5 nitrogen and oxygen atoms in total. The van der Waals surface area contributed by atoms with Crippen LogP contribution in [0.2, 0.25) is 5.02 Å². The van der Waals surface area contributed by atoms with Gasteiger partial charge in [-0.3, -0.25) is 9.69 Å². The van der Waals surface area contributed by atoms with E-state index in [2.05, 4.69) is 4.98 Å². The second-order valence-electron chi connectivity index (χ2n) is 6.69. The molecule has 4 rings (SSSR count). The summed E-state index contributed by atoms with van der Waals surface area (Å²) in [6.45, 7) is -0.160. The number of hydrogen-bond donors (Lipinski definition) is 0. The molecular formula is C21H14ClF4N3O2. The van der Waals surface area contributed by atoms with Crippen molar-refractivity contribution in [2.45, 2.75) is 6.18 Å². The molecule has 0 bridgehead atoms. The lowest BCUT2D eigenvalue weighted by Crippen LogP contribution is -2.45. The number of aromatic nitrogens is 1. The molecule has 3 aromatic rings. The molecule has 1 aliphatic heterocycles. The predicted octanol–water partition coefficient (Wildman–Crippen LogP) is 5.66. The summed E-state index contributed by atoms with van der Waals surface area (Å²) in [4.78, 5) is 20.0. The highest BCUT2D eigenvalue weighted by Crippen LogP contribution is 2.41.